The number of thiophene rings is 1. The molecule has 0 bridgehead atoms. The van der Waals surface area contributed by atoms with Gasteiger partial charge in [0.1, 0.15) is 15.3 Å². The lowest BCUT2D eigenvalue weighted by atomic mass is 10.1. The van der Waals surface area contributed by atoms with Gasteiger partial charge in [0, 0.05) is 25.3 Å². The summed E-state index contributed by atoms with van der Waals surface area (Å²) in [4.78, 5) is 48.3. The van der Waals surface area contributed by atoms with Crippen LogP contribution in [0.15, 0.2) is 54.7 Å². The van der Waals surface area contributed by atoms with Gasteiger partial charge in [-0.3, -0.25) is 9.69 Å². The fourth-order valence-electron chi connectivity index (χ4n) is 5.15. The second kappa shape index (κ2) is 9.53. The van der Waals surface area contributed by atoms with Crippen molar-refractivity contribution >= 4 is 67.4 Å². The standard InChI is InChI=1S/C29H29N5O4S/c1-29(2,3)38-28(37)33-14-6-9-19(16-33)31-25(35)24-23-22-21(12-13-30-26(22)39-24)34(27(36)32-23)20-11-10-17-7-4-5-8-18(17)15-20/h4-5,7-8,10-13,15,19H,6,9,14,16H2,1-3H3,(H,31,35)(H,32,36). The first-order valence-corrected chi connectivity index (χ1v) is 13.8. The van der Waals surface area contributed by atoms with Crippen LogP contribution >= 0.6 is 11.3 Å². The van der Waals surface area contributed by atoms with E-state index in [1.807, 2.05) is 63.2 Å². The summed E-state index contributed by atoms with van der Waals surface area (Å²) in [6.45, 7) is 6.45. The van der Waals surface area contributed by atoms with Crippen molar-refractivity contribution in [1.29, 1.82) is 0 Å². The SMILES string of the molecule is CC(C)(C)OC(=O)N1CCCC(NC(=O)c2sc3nccc4c3c2NC(=O)N4c2ccc3ccccc3c2)C1. The highest BCUT2D eigenvalue weighted by molar-refractivity contribution is 7.21. The average Bonchev–Trinajstić information content (AvgIpc) is 3.27. The van der Waals surface area contributed by atoms with Gasteiger partial charge in [-0.2, -0.15) is 0 Å². The number of likely N-dealkylation sites (tertiary alicyclic amines) is 1. The van der Waals surface area contributed by atoms with E-state index in [4.69, 9.17) is 4.74 Å². The summed E-state index contributed by atoms with van der Waals surface area (Å²) < 4.78 is 5.51. The van der Waals surface area contributed by atoms with Crippen LogP contribution in [0, 0.1) is 0 Å². The molecule has 0 aliphatic carbocycles. The highest BCUT2D eigenvalue weighted by Gasteiger charge is 2.34. The normalized spacial score (nSPS) is 17.3. The molecule has 2 aliphatic rings. The van der Waals surface area contributed by atoms with Gasteiger partial charge in [-0.05, 0) is 62.6 Å². The van der Waals surface area contributed by atoms with E-state index >= 15 is 0 Å². The fourth-order valence-corrected chi connectivity index (χ4v) is 6.18. The summed E-state index contributed by atoms with van der Waals surface area (Å²) in [7, 11) is 0. The molecule has 2 aliphatic heterocycles. The number of nitrogens with zero attached hydrogens (tertiary/aromatic N) is 3. The maximum Gasteiger partial charge on any atom is 0.410 e. The Hall–Kier alpha value is -4.18. The lowest BCUT2D eigenvalue weighted by Crippen LogP contribution is -2.50. The maximum atomic E-state index is 13.5. The first-order chi connectivity index (χ1) is 18.7. The van der Waals surface area contributed by atoms with E-state index in [1.54, 1.807) is 22.1 Å². The van der Waals surface area contributed by atoms with Crippen LogP contribution in [0.1, 0.15) is 43.3 Å². The van der Waals surface area contributed by atoms with Crippen LogP contribution in [0.2, 0.25) is 0 Å². The number of rotatable bonds is 3. The van der Waals surface area contributed by atoms with Gasteiger partial charge in [-0.25, -0.2) is 14.6 Å². The van der Waals surface area contributed by atoms with E-state index in [0.717, 1.165) is 34.7 Å². The molecule has 2 aromatic heterocycles. The molecule has 2 N–H and O–H groups in total. The number of aromatic nitrogens is 1. The molecule has 1 unspecified atom stereocenters. The summed E-state index contributed by atoms with van der Waals surface area (Å²) in [5.41, 5.74) is 1.29. The Morgan fingerprint density at radius 1 is 1.13 bits per heavy atom. The van der Waals surface area contributed by atoms with Gasteiger partial charge >= 0.3 is 12.1 Å². The third-order valence-corrected chi connectivity index (χ3v) is 7.95. The molecule has 39 heavy (non-hydrogen) atoms. The molecule has 10 heteroatoms. The zero-order chi connectivity index (χ0) is 27.3. The molecule has 1 saturated heterocycles. The maximum absolute atomic E-state index is 13.5. The summed E-state index contributed by atoms with van der Waals surface area (Å²) in [5, 5.41) is 8.87. The van der Waals surface area contributed by atoms with Crippen molar-refractivity contribution in [1.82, 2.24) is 15.2 Å². The lowest BCUT2D eigenvalue weighted by Gasteiger charge is -2.34. The number of carbonyl (C=O) groups excluding carboxylic acids is 3. The summed E-state index contributed by atoms with van der Waals surface area (Å²) in [6, 6.07) is 15.1. The number of nitrogens with one attached hydrogen (secondary N) is 2. The van der Waals surface area contributed by atoms with Gasteiger partial charge in [0.2, 0.25) is 0 Å². The summed E-state index contributed by atoms with van der Waals surface area (Å²) >= 11 is 1.25. The van der Waals surface area contributed by atoms with Crippen molar-refractivity contribution in [3.63, 3.8) is 0 Å². The Labute approximate surface area is 229 Å². The van der Waals surface area contributed by atoms with Gasteiger partial charge in [-0.1, -0.05) is 30.3 Å². The highest BCUT2D eigenvalue weighted by Crippen LogP contribution is 2.46. The van der Waals surface area contributed by atoms with Gasteiger partial charge in [0.15, 0.2) is 0 Å². The molecule has 0 spiro atoms. The highest BCUT2D eigenvalue weighted by atomic mass is 32.1. The van der Waals surface area contributed by atoms with Gasteiger partial charge in [-0.15, -0.1) is 11.3 Å². The van der Waals surface area contributed by atoms with E-state index in [2.05, 4.69) is 15.6 Å². The van der Waals surface area contributed by atoms with Crippen LogP contribution < -0.4 is 15.5 Å². The van der Waals surface area contributed by atoms with E-state index < -0.39 is 5.60 Å². The monoisotopic (exact) mass is 543 g/mol. The number of hydrogen-bond acceptors (Lipinski definition) is 6. The van der Waals surface area contributed by atoms with Crippen molar-refractivity contribution in [2.75, 3.05) is 23.3 Å². The van der Waals surface area contributed by atoms with E-state index in [-0.39, 0.29) is 24.1 Å². The number of anilines is 3. The molecule has 4 amide bonds. The Balaban J connectivity index is 1.28. The molecule has 4 heterocycles. The molecule has 0 saturated carbocycles. The van der Waals surface area contributed by atoms with E-state index in [9.17, 15) is 14.4 Å². The minimum absolute atomic E-state index is 0.225. The quantitative estimate of drug-likeness (QED) is 0.317. The predicted molar refractivity (Wildman–Crippen MR) is 153 cm³/mol. The molecule has 0 radical (unpaired) electrons. The third-order valence-electron chi connectivity index (χ3n) is 6.85. The number of piperidine rings is 1. The van der Waals surface area contributed by atoms with Crippen LogP contribution in [-0.4, -0.2) is 52.6 Å². The fraction of sp³-hybridized carbons (Fsp3) is 0.310. The molecule has 1 atom stereocenters. The number of benzene rings is 2. The van der Waals surface area contributed by atoms with Gasteiger partial charge in [0.05, 0.1) is 22.4 Å². The minimum atomic E-state index is -0.587. The van der Waals surface area contributed by atoms with E-state index in [0.29, 0.717) is 34.2 Å². The summed E-state index contributed by atoms with van der Waals surface area (Å²) in [5.74, 6) is -0.297. The Bertz CT molecular complexity index is 1630. The largest absolute Gasteiger partial charge is 0.444 e. The Morgan fingerprint density at radius 2 is 1.92 bits per heavy atom. The van der Waals surface area contributed by atoms with Crippen LogP contribution in [0.5, 0.6) is 0 Å². The molecule has 200 valence electrons. The molecule has 2 aromatic carbocycles. The van der Waals surface area contributed by atoms with Crippen molar-refractivity contribution in [2.24, 2.45) is 0 Å². The minimum Gasteiger partial charge on any atom is -0.444 e. The first-order valence-electron chi connectivity index (χ1n) is 13.0. The number of pyridine rings is 1. The number of amides is 4. The van der Waals surface area contributed by atoms with Crippen molar-refractivity contribution in [3.8, 4) is 0 Å². The Morgan fingerprint density at radius 3 is 2.72 bits per heavy atom. The second-order valence-corrected chi connectivity index (χ2v) is 11.9. The molecule has 1 fully saturated rings. The summed E-state index contributed by atoms with van der Waals surface area (Å²) in [6.07, 6.45) is 2.78. The molecular formula is C29H29N5O4S. The first kappa shape index (κ1) is 25.1. The van der Waals surface area contributed by atoms with E-state index in [1.165, 1.54) is 11.3 Å². The van der Waals surface area contributed by atoms with Gasteiger partial charge in [0.25, 0.3) is 5.91 Å². The van der Waals surface area contributed by atoms with Crippen molar-refractivity contribution in [3.05, 3.63) is 59.6 Å². The number of fused-ring (bicyclic) bond motifs is 1. The number of carbonyl (C=O) groups is 3. The van der Waals surface area contributed by atoms with Crippen LogP contribution in [0.25, 0.3) is 21.0 Å². The molecule has 4 aromatic rings. The second-order valence-electron chi connectivity index (χ2n) is 10.9. The average molecular weight is 544 g/mol. The predicted octanol–water partition coefficient (Wildman–Crippen LogP) is 6.26. The zero-order valence-corrected chi connectivity index (χ0v) is 22.8. The number of hydrogen-bond donors (Lipinski definition) is 2. The Kier molecular flexibility index (Phi) is 6.14. The third kappa shape index (κ3) is 4.76. The number of ether oxygens (including phenoxy) is 1. The number of urea groups is 1. The molecular weight excluding hydrogens is 514 g/mol. The van der Waals surface area contributed by atoms with Gasteiger partial charge < -0.3 is 20.3 Å². The smallest absolute Gasteiger partial charge is 0.410 e. The molecule has 6 rings (SSSR count). The van der Waals surface area contributed by atoms with Crippen molar-refractivity contribution in [2.45, 2.75) is 45.3 Å². The lowest BCUT2D eigenvalue weighted by molar-refractivity contribution is 0.0185. The van der Waals surface area contributed by atoms with Crippen LogP contribution in [0.4, 0.5) is 26.7 Å². The van der Waals surface area contributed by atoms with Crippen molar-refractivity contribution < 1.29 is 19.1 Å². The molecule has 9 nitrogen and oxygen atoms in total. The zero-order valence-electron chi connectivity index (χ0n) is 22.0. The van der Waals surface area contributed by atoms with Crippen LogP contribution in [0.3, 0.4) is 0 Å². The topological polar surface area (TPSA) is 104 Å². The van der Waals surface area contributed by atoms with Crippen LogP contribution in [-0.2, 0) is 4.74 Å².